The number of aryl methyl sites for hydroxylation is 1. The van der Waals surface area contributed by atoms with Crippen molar-refractivity contribution in [3.8, 4) is 0 Å². The molecule has 1 atom stereocenters. The second-order valence-electron chi connectivity index (χ2n) is 5.53. The Hall–Kier alpha value is -0.410. The lowest BCUT2D eigenvalue weighted by Gasteiger charge is -2.22. The summed E-state index contributed by atoms with van der Waals surface area (Å²) < 4.78 is 0. The molecule has 0 spiro atoms. The fourth-order valence-corrected chi connectivity index (χ4v) is 2.67. The van der Waals surface area contributed by atoms with Gasteiger partial charge in [0.2, 0.25) is 0 Å². The molecule has 7 heteroatoms. The van der Waals surface area contributed by atoms with Gasteiger partial charge in [0.15, 0.2) is 5.96 Å². The highest BCUT2D eigenvalue weighted by Gasteiger charge is 2.05. The maximum absolute atomic E-state index is 4.64. The Balaban J connectivity index is 0.00000484. The summed E-state index contributed by atoms with van der Waals surface area (Å²) >= 11 is 1.71. The molecule has 2 N–H and O–H groups in total. The quantitative estimate of drug-likeness (QED) is 0.343. The largest absolute Gasteiger partial charge is 0.357 e. The van der Waals surface area contributed by atoms with E-state index in [9.17, 15) is 0 Å². The van der Waals surface area contributed by atoms with E-state index in [0.717, 1.165) is 49.3 Å². The summed E-state index contributed by atoms with van der Waals surface area (Å²) in [5, 5.41) is 9.93. The molecule has 0 aliphatic carbocycles. The summed E-state index contributed by atoms with van der Waals surface area (Å²) in [7, 11) is 2.16. The fraction of sp³-hybridized carbons (Fsp3) is 0.750. The molecular formula is C16H32IN5S. The standard InChI is InChI=1S/C16H31N5S.HI/c1-6-13(3)21(5)11-10-19-16(17-7-2)18-9-8-15-12-22-14(4)20-15;/h12-13H,6-11H2,1-5H3,(H2,17,18,19);1H. The first-order valence-electron chi connectivity index (χ1n) is 8.20. The number of hydrogen-bond acceptors (Lipinski definition) is 4. The molecule has 1 unspecified atom stereocenters. The molecule has 1 rings (SSSR count). The van der Waals surface area contributed by atoms with Crippen LogP contribution in [0.15, 0.2) is 10.4 Å². The first-order chi connectivity index (χ1) is 10.6. The van der Waals surface area contributed by atoms with Crippen LogP contribution >= 0.6 is 35.3 Å². The summed E-state index contributed by atoms with van der Waals surface area (Å²) in [5.41, 5.74) is 1.15. The van der Waals surface area contributed by atoms with Gasteiger partial charge in [-0.15, -0.1) is 35.3 Å². The SMILES string of the molecule is CCNC(=NCCN(C)C(C)CC)NCCc1csc(C)n1.I. The average Bonchev–Trinajstić information content (AvgIpc) is 2.91. The highest BCUT2D eigenvalue weighted by molar-refractivity contribution is 14.0. The molecule has 0 radical (unpaired) electrons. The first-order valence-corrected chi connectivity index (χ1v) is 9.08. The Bertz CT molecular complexity index is 449. The smallest absolute Gasteiger partial charge is 0.191 e. The van der Waals surface area contributed by atoms with Crippen LogP contribution in [-0.4, -0.2) is 55.1 Å². The van der Waals surface area contributed by atoms with Crippen molar-refractivity contribution in [3.63, 3.8) is 0 Å². The molecule has 23 heavy (non-hydrogen) atoms. The van der Waals surface area contributed by atoms with E-state index in [1.54, 1.807) is 11.3 Å². The van der Waals surface area contributed by atoms with Gasteiger partial charge in [-0.25, -0.2) is 4.98 Å². The number of aromatic nitrogens is 1. The molecule has 5 nitrogen and oxygen atoms in total. The lowest BCUT2D eigenvalue weighted by atomic mass is 10.2. The van der Waals surface area contributed by atoms with Gasteiger partial charge in [-0.1, -0.05) is 6.92 Å². The van der Waals surface area contributed by atoms with Gasteiger partial charge < -0.3 is 15.5 Å². The first kappa shape index (κ1) is 22.6. The van der Waals surface area contributed by atoms with Gasteiger partial charge in [-0.3, -0.25) is 4.99 Å². The number of aliphatic imine (C=N–C) groups is 1. The maximum Gasteiger partial charge on any atom is 0.191 e. The Morgan fingerprint density at radius 2 is 2.13 bits per heavy atom. The van der Waals surface area contributed by atoms with Crippen molar-refractivity contribution < 1.29 is 0 Å². The molecule has 0 saturated carbocycles. The molecular weight excluding hydrogens is 421 g/mol. The number of hydrogen-bond donors (Lipinski definition) is 2. The molecule has 1 aromatic heterocycles. The van der Waals surface area contributed by atoms with E-state index in [0.29, 0.717) is 6.04 Å². The molecule has 0 fully saturated rings. The van der Waals surface area contributed by atoms with Crippen LogP contribution in [-0.2, 0) is 6.42 Å². The summed E-state index contributed by atoms with van der Waals surface area (Å²) in [6.45, 7) is 12.1. The number of likely N-dealkylation sites (N-methyl/N-ethyl adjacent to an activating group) is 1. The van der Waals surface area contributed by atoms with Gasteiger partial charge in [0.25, 0.3) is 0 Å². The van der Waals surface area contributed by atoms with E-state index in [-0.39, 0.29) is 24.0 Å². The van der Waals surface area contributed by atoms with Crippen molar-refractivity contribution in [1.82, 2.24) is 20.5 Å². The van der Waals surface area contributed by atoms with Crippen LogP contribution in [0, 0.1) is 6.92 Å². The van der Waals surface area contributed by atoms with Gasteiger partial charge >= 0.3 is 0 Å². The van der Waals surface area contributed by atoms with Crippen molar-refractivity contribution in [2.24, 2.45) is 4.99 Å². The number of nitrogens with zero attached hydrogens (tertiary/aromatic N) is 3. The van der Waals surface area contributed by atoms with Gasteiger partial charge in [0.1, 0.15) is 0 Å². The minimum atomic E-state index is 0. The number of halogens is 1. The highest BCUT2D eigenvalue weighted by atomic mass is 127. The van der Waals surface area contributed by atoms with E-state index in [1.807, 2.05) is 6.92 Å². The Morgan fingerprint density at radius 1 is 1.39 bits per heavy atom. The lowest BCUT2D eigenvalue weighted by molar-refractivity contribution is 0.259. The van der Waals surface area contributed by atoms with Crippen molar-refractivity contribution in [3.05, 3.63) is 16.1 Å². The lowest BCUT2D eigenvalue weighted by Crippen LogP contribution is -2.39. The van der Waals surface area contributed by atoms with Crippen LogP contribution in [0.2, 0.25) is 0 Å². The average molecular weight is 453 g/mol. The van der Waals surface area contributed by atoms with Crippen LogP contribution < -0.4 is 10.6 Å². The van der Waals surface area contributed by atoms with Crippen LogP contribution in [0.4, 0.5) is 0 Å². The molecule has 0 aromatic carbocycles. The van der Waals surface area contributed by atoms with Crippen molar-refractivity contribution in [2.75, 3.05) is 33.2 Å². The van der Waals surface area contributed by atoms with Crippen LogP contribution in [0.5, 0.6) is 0 Å². The summed E-state index contributed by atoms with van der Waals surface area (Å²) in [6, 6.07) is 0.610. The van der Waals surface area contributed by atoms with E-state index >= 15 is 0 Å². The summed E-state index contributed by atoms with van der Waals surface area (Å²) in [6.07, 6.45) is 2.10. The number of rotatable bonds is 9. The van der Waals surface area contributed by atoms with E-state index in [4.69, 9.17) is 0 Å². The van der Waals surface area contributed by atoms with Crippen LogP contribution in [0.3, 0.4) is 0 Å². The van der Waals surface area contributed by atoms with Gasteiger partial charge in [-0.05, 0) is 34.2 Å². The molecule has 134 valence electrons. The fourth-order valence-electron chi connectivity index (χ4n) is 2.03. The van der Waals surface area contributed by atoms with Crippen LogP contribution in [0.1, 0.15) is 37.9 Å². The third-order valence-corrected chi connectivity index (χ3v) is 4.57. The second kappa shape index (κ2) is 12.9. The number of nitrogens with one attached hydrogen (secondary N) is 2. The van der Waals surface area contributed by atoms with Crippen molar-refractivity contribution in [2.45, 2.75) is 46.6 Å². The molecule has 0 bridgehead atoms. The molecule has 0 aliphatic rings. The second-order valence-corrected chi connectivity index (χ2v) is 6.60. The van der Waals surface area contributed by atoms with Gasteiger partial charge in [0, 0.05) is 37.5 Å². The molecule has 0 saturated heterocycles. The highest BCUT2D eigenvalue weighted by Crippen LogP contribution is 2.07. The third-order valence-electron chi connectivity index (χ3n) is 3.75. The van der Waals surface area contributed by atoms with Crippen molar-refractivity contribution in [1.29, 1.82) is 0 Å². The van der Waals surface area contributed by atoms with Gasteiger partial charge in [-0.2, -0.15) is 0 Å². The monoisotopic (exact) mass is 453 g/mol. The van der Waals surface area contributed by atoms with Crippen molar-refractivity contribution >= 4 is 41.3 Å². The predicted octanol–water partition coefficient (Wildman–Crippen LogP) is 2.90. The molecule has 0 amide bonds. The van der Waals surface area contributed by atoms with Gasteiger partial charge in [0.05, 0.1) is 17.2 Å². The van der Waals surface area contributed by atoms with E-state index in [2.05, 4.69) is 58.7 Å². The summed E-state index contributed by atoms with van der Waals surface area (Å²) in [4.78, 5) is 11.5. The number of thiazole rings is 1. The predicted molar refractivity (Wildman–Crippen MR) is 112 cm³/mol. The third kappa shape index (κ3) is 9.46. The maximum atomic E-state index is 4.64. The molecule has 1 aromatic rings. The zero-order valence-corrected chi connectivity index (χ0v) is 18.2. The Morgan fingerprint density at radius 3 is 2.70 bits per heavy atom. The van der Waals surface area contributed by atoms with E-state index < -0.39 is 0 Å². The summed E-state index contributed by atoms with van der Waals surface area (Å²) in [5.74, 6) is 0.895. The zero-order chi connectivity index (χ0) is 16.4. The normalized spacial score (nSPS) is 12.9. The minimum absolute atomic E-state index is 0. The van der Waals surface area contributed by atoms with E-state index in [1.165, 1.54) is 6.42 Å². The Labute approximate surface area is 162 Å². The number of guanidine groups is 1. The Kier molecular flexibility index (Phi) is 12.7. The van der Waals surface area contributed by atoms with Crippen LogP contribution in [0.25, 0.3) is 0 Å². The zero-order valence-electron chi connectivity index (χ0n) is 15.1. The topological polar surface area (TPSA) is 52.6 Å². The molecule has 0 aliphatic heterocycles. The molecule has 1 heterocycles. The minimum Gasteiger partial charge on any atom is -0.357 e.